The van der Waals surface area contributed by atoms with Gasteiger partial charge < -0.3 is 15.3 Å². The number of hydrogen-bond acceptors (Lipinski definition) is 6. The summed E-state index contributed by atoms with van der Waals surface area (Å²) in [5.41, 5.74) is 7.43. The Kier molecular flexibility index (Phi) is 5.03. The van der Waals surface area contributed by atoms with Crippen molar-refractivity contribution in [2.75, 3.05) is 16.8 Å². The Balaban J connectivity index is 1.38. The Labute approximate surface area is 181 Å². The number of pyridine rings is 1. The first-order chi connectivity index (χ1) is 15.1. The van der Waals surface area contributed by atoms with Crippen molar-refractivity contribution in [3.8, 4) is 0 Å². The number of benzene rings is 1. The van der Waals surface area contributed by atoms with Crippen LogP contribution in [0.3, 0.4) is 0 Å². The molecule has 7 heteroatoms. The van der Waals surface area contributed by atoms with E-state index in [0.29, 0.717) is 18.3 Å². The topological polar surface area (TPSA) is 79.1 Å². The summed E-state index contributed by atoms with van der Waals surface area (Å²) in [6, 6.07) is 11.2. The first-order valence-corrected chi connectivity index (χ1v) is 10.6. The van der Waals surface area contributed by atoms with Crippen LogP contribution < -0.4 is 10.2 Å². The van der Waals surface area contributed by atoms with Gasteiger partial charge in [-0.15, -0.1) is 5.10 Å². The van der Waals surface area contributed by atoms with Gasteiger partial charge in [0.1, 0.15) is 11.5 Å². The molecular weight excluding hydrogens is 388 g/mol. The maximum atomic E-state index is 9.25. The lowest BCUT2D eigenvalue weighted by Gasteiger charge is -2.29. The maximum Gasteiger partial charge on any atom is 0.140 e. The summed E-state index contributed by atoms with van der Waals surface area (Å²) in [6.07, 6.45) is 7.81. The Bertz CT molecular complexity index is 1140. The molecule has 0 atom stereocenters. The van der Waals surface area contributed by atoms with E-state index in [1.165, 1.54) is 11.1 Å². The average molecular weight is 415 g/mol. The third kappa shape index (κ3) is 3.72. The molecule has 0 radical (unpaired) electrons. The monoisotopic (exact) mass is 414 g/mol. The fourth-order valence-corrected chi connectivity index (χ4v) is 4.42. The average Bonchev–Trinajstić information content (AvgIpc) is 3.41. The van der Waals surface area contributed by atoms with Crippen LogP contribution >= 0.6 is 0 Å². The molecule has 1 aromatic carbocycles. The zero-order valence-electron chi connectivity index (χ0n) is 17.6. The number of aromatic nitrogens is 4. The van der Waals surface area contributed by atoms with Crippen LogP contribution in [0, 0.1) is 0 Å². The molecule has 7 nitrogen and oxygen atoms in total. The summed E-state index contributed by atoms with van der Waals surface area (Å²) < 4.78 is 1.73. The van der Waals surface area contributed by atoms with Gasteiger partial charge in [0.25, 0.3) is 0 Å². The molecule has 0 saturated heterocycles. The summed E-state index contributed by atoms with van der Waals surface area (Å²) in [6.45, 7) is 7.69. The fourth-order valence-electron chi connectivity index (χ4n) is 4.42. The zero-order valence-corrected chi connectivity index (χ0v) is 17.6. The van der Waals surface area contributed by atoms with E-state index in [4.69, 9.17) is 4.98 Å². The largest absolute Gasteiger partial charge is 0.390 e. The molecule has 1 aliphatic heterocycles. The van der Waals surface area contributed by atoms with Gasteiger partial charge in [0, 0.05) is 24.4 Å². The number of nitrogens with one attached hydrogen (secondary N) is 1. The normalized spacial score (nSPS) is 15.6. The molecule has 0 spiro atoms. The number of nitrogens with zero attached hydrogens (tertiary/aromatic N) is 5. The van der Waals surface area contributed by atoms with E-state index in [9.17, 15) is 5.11 Å². The number of anilines is 2. The fraction of sp³-hybridized carbons (Fsp3) is 0.292. The minimum Gasteiger partial charge on any atom is -0.390 e. The maximum absolute atomic E-state index is 9.25. The summed E-state index contributed by atoms with van der Waals surface area (Å²) in [4.78, 5) is 6.90. The van der Waals surface area contributed by atoms with Crippen molar-refractivity contribution in [3.63, 3.8) is 0 Å². The molecule has 31 heavy (non-hydrogen) atoms. The Morgan fingerprint density at radius 3 is 2.68 bits per heavy atom. The second-order valence-electron chi connectivity index (χ2n) is 8.10. The molecule has 2 aliphatic rings. The SMILES string of the molecule is C=C1C(Cn2cc(CO)nn2)=CN(CC)c2ncc(NC3Cc4ccccc4C3)cc21. The summed E-state index contributed by atoms with van der Waals surface area (Å²) in [5, 5.41) is 21.0. The van der Waals surface area contributed by atoms with Gasteiger partial charge in [-0.2, -0.15) is 0 Å². The molecule has 2 N–H and O–H groups in total. The van der Waals surface area contributed by atoms with E-state index in [1.807, 2.05) is 6.20 Å². The smallest absolute Gasteiger partial charge is 0.140 e. The van der Waals surface area contributed by atoms with Crippen molar-refractivity contribution >= 4 is 17.1 Å². The number of rotatable bonds is 6. The highest BCUT2D eigenvalue weighted by Gasteiger charge is 2.24. The van der Waals surface area contributed by atoms with Gasteiger partial charge in [-0.05, 0) is 48.1 Å². The zero-order chi connectivity index (χ0) is 21.4. The quantitative estimate of drug-likeness (QED) is 0.645. The van der Waals surface area contributed by atoms with Crippen LogP contribution in [-0.2, 0) is 26.0 Å². The summed E-state index contributed by atoms with van der Waals surface area (Å²) in [7, 11) is 0. The van der Waals surface area contributed by atoms with E-state index in [-0.39, 0.29) is 6.61 Å². The molecule has 1 aliphatic carbocycles. The molecule has 0 unspecified atom stereocenters. The van der Waals surface area contributed by atoms with Gasteiger partial charge >= 0.3 is 0 Å². The predicted octanol–water partition coefficient (Wildman–Crippen LogP) is 3.18. The first kappa shape index (κ1) is 19.5. The predicted molar refractivity (Wildman–Crippen MR) is 122 cm³/mol. The van der Waals surface area contributed by atoms with Crippen LogP contribution in [0.15, 0.2) is 61.1 Å². The van der Waals surface area contributed by atoms with Crippen LogP contribution in [0.4, 0.5) is 11.5 Å². The molecule has 2 aromatic heterocycles. The molecule has 0 bridgehead atoms. The van der Waals surface area contributed by atoms with Crippen molar-refractivity contribution in [3.05, 3.63) is 83.5 Å². The van der Waals surface area contributed by atoms with Crippen molar-refractivity contribution < 1.29 is 5.11 Å². The molecule has 3 heterocycles. The standard InChI is InChI=1S/C24H26N6O/c1-3-29-12-19(13-30-14-22(15-31)27-28-30)16(2)23-10-21(11-25-24(23)29)26-20-8-17-6-4-5-7-18(17)9-20/h4-7,10-12,14,20,26,31H,2-3,8-9,13,15H2,1H3. The molecular formula is C24H26N6O. The Morgan fingerprint density at radius 2 is 2.00 bits per heavy atom. The van der Waals surface area contributed by atoms with Crippen molar-refractivity contribution in [1.82, 2.24) is 20.0 Å². The first-order valence-electron chi connectivity index (χ1n) is 10.6. The second kappa shape index (κ2) is 8.00. The van der Waals surface area contributed by atoms with Gasteiger partial charge in [-0.1, -0.05) is 36.1 Å². The highest BCUT2D eigenvalue weighted by molar-refractivity contribution is 5.88. The Morgan fingerprint density at radius 1 is 1.23 bits per heavy atom. The highest BCUT2D eigenvalue weighted by Crippen LogP contribution is 2.37. The van der Waals surface area contributed by atoms with Crippen LogP contribution in [-0.4, -0.2) is 37.7 Å². The third-order valence-corrected chi connectivity index (χ3v) is 6.01. The molecule has 3 aromatic rings. The van der Waals surface area contributed by atoms with E-state index in [1.54, 1.807) is 10.9 Å². The van der Waals surface area contributed by atoms with Crippen LogP contribution in [0.2, 0.25) is 0 Å². The molecule has 0 fully saturated rings. The highest BCUT2D eigenvalue weighted by atomic mass is 16.3. The minimum atomic E-state index is -0.117. The van der Waals surface area contributed by atoms with Gasteiger partial charge in [0.2, 0.25) is 0 Å². The van der Waals surface area contributed by atoms with E-state index >= 15 is 0 Å². The summed E-state index contributed by atoms with van der Waals surface area (Å²) >= 11 is 0. The number of fused-ring (bicyclic) bond motifs is 2. The summed E-state index contributed by atoms with van der Waals surface area (Å²) in [5.74, 6) is 0.922. The number of allylic oxidation sites excluding steroid dienone is 2. The van der Waals surface area contributed by atoms with E-state index in [0.717, 1.165) is 47.6 Å². The van der Waals surface area contributed by atoms with Crippen molar-refractivity contribution in [2.45, 2.75) is 39.0 Å². The third-order valence-electron chi connectivity index (χ3n) is 6.01. The number of aliphatic hydroxyl groups excluding tert-OH is 1. The van der Waals surface area contributed by atoms with Crippen LogP contribution in [0.5, 0.6) is 0 Å². The van der Waals surface area contributed by atoms with E-state index in [2.05, 4.69) is 70.6 Å². The van der Waals surface area contributed by atoms with Gasteiger partial charge in [0.05, 0.1) is 31.2 Å². The van der Waals surface area contributed by atoms with Gasteiger partial charge in [-0.25, -0.2) is 9.67 Å². The van der Waals surface area contributed by atoms with Crippen LogP contribution in [0.1, 0.15) is 29.3 Å². The van der Waals surface area contributed by atoms with Crippen molar-refractivity contribution in [1.29, 1.82) is 0 Å². The molecule has 158 valence electrons. The second-order valence-corrected chi connectivity index (χ2v) is 8.10. The van der Waals surface area contributed by atoms with Crippen molar-refractivity contribution in [2.24, 2.45) is 0 Å². The lowest BCUT2D eigenvalue weighted by molar-refractivity contribution is 0.276. The lowest BCUT2D eigenvalue weighted by atomic mass is 9.96. The number of hydrogen-bond donors (Lipinski definition) is 2. The molecule has 5 rings (SSSR count). The van der Waals surface area contributed by atoms with Gasteiger partial charge in [-0.3, -0.25) is 0 Å². The van der Waals surface area contributed by atoms with E-state index < -0.39 is 0 Å². The molecule has 0 amide bonds. The van der Waals surface area contributed by atoms with Crippen LogP contribution in [0.25, 0.3) is 5.57 Å². The lowest BCUT2D eigenvalue weighted by Crippen LogP contribution is -2.25. The molecule has 0 saturated carbocycles. The Hall–Kier alpha value is -3.45. The minimum absolute atomic E-state index is 0.117. The number of aliphatic hydroxyl groups is 1. The van der Waals surface area contributed by atoms with Gasteiger partial charge in [0.15, 0.2) is 0 Å².